The van der Waals surface area contributed by atoms with Crippen molar-refractivity contribution < 1.29 is 19.3 Å². The minimum absolute atomic E-state index is 0.0698. The second-order valence-corrected chi connectivity index (χ2v) is 6.42. The fourth-order valence-corrected chi connectivity index (χ4v) is 3.16. The lowest BCUT2D eigenvalue weighted by atomic mass is 10.0. The smallest absolute Gasteiger partial charge is 0.325 e. The molecule has 1 aromatic carbocycles. The summed E-state index contributed by atoms with van der Waals surface area (Å²) in [5.74, 6) is -0.811. The minimum atomic E-state index is -0.892. The lowest BCUT2D eigenvalue weighted by Crippen LogP contribution is -2.35. The Labute approximate surface area is 152 Å². The summed E-state index contributed by atoms with van der Waals surface area (Å²) in [5.41, 5.74) is -0.989. The van der Waals surface area contributed by atoms with Gasteiger partial charge in [0.25, 0.3) is 11.2 Å². The van der Waals surface area contributed by atoms with E-state index in [1.54, 1.807) is 6.07 Å². The summed E-state index contributed by atoms with van der Waals surface area (Å²) in [4.78, 5) is 37.9. The van der Waals surface area contributed by atoms with Crippen molar-refractivity contribution in [2.45, 2.75) is 32.5 Å². The SMILES string of the molecule is C[C@@H]1C=[N+](c2ccc([N+](=O)[O-])cc2Cc2c([O-])[nH]c(=O)[nH]c2=O)C[C@@H](C)O1. The molecular weight excluding hydrogens is 356 g/mol. The summed E-state index contributed by atoms with van der Waals surface area (Å²) in [6.07, 6.45) is 1.44. The molecule has 1 aliphatic rings. The average molecular weight is 374 g/mol. The van der Waals surface area contributed by atoms with Gasteiger partial charge in [0.1, 0.15) is 12.2 Å². The van der Waals surface area contributed by atoms with Crippen molar-refractivity contribution in [3.8, 4) is 5.88 Å². The van der Waals surface area contributed by atoms with Crippen LogP contribution in [-0.2, 0) is 11.2 Å². The first-order chi connectivity index (χ1) is 12.7. The van der Waals surface area contributed by atoms with E-state index in [0.29, 0.717) is 17.8 Å². The van der Waals surface area contributed by atoms with E-state index in [0.717, 1.165) is 0 Å². The molecule has 0 spiro atoms. The molecule has 10 nitrogen and oxygen atoms in total. The first-order valence-corrected chi connectivity index (χ1v) is 8.31. The van der Waals surface area contributed by atoms with Gasteiger partial charge in [-0.05, 0) is 19.7 Å². The lowest BCUT2D eigenvalue weighted by Gasteiger charge is -2.21. The average Bonchev–Trinajstić information content (AvgIpc) is 2.57. The maximum Gasteiger partial charge on any atom is 0.325 e. The largest absolute Gasteiger partial charge is 0.860 e. The van der Waals surface area contributed by atoms with Crippen LogP contribution in [-0.4, -0.2) is 44.4 Å². The molecule has 0 fully saturated rings. The van der Waals surface area contributed by atoms with Crippen LogP contribution in [0.25, 0.3) is 0 Å². The van der Waals surface area contributed by atoms with Crippen LogP contribution in [0.4, 0.5) is 11.4 Å². The van der Waals surface area contributed by atoms with Crippen molar-refractivity contribution in [3.05, 3.63) is 60.3 Å². The predicted octanol–water partition coefficient (Wildman–Crippen LogP) is 0.158. The van der Waals surface area contributed by atoms with Crippen molar-refractivity contribution >= 4 is 17.6 Å². The highest BCUT2D eigenvalue weighted by molar-refractivity contribution is 5.61. The predicted molar refractivity (Wildman–Crippen MR) is 93.9 cm³/mol. The summed E-state index contributed by atoms with van der Waals surface area (Å²) < 4.78 is 7.55. The molecule has 0 aliphatic carbocycles. The van der Waals surface area contributed by atoms with Gasteiger partial charge >= 0.3 is 5.69 Å². The van der Waals surface area contributed by atoms with E-state index >= 15 is 0 Å². The van der Waals surface area contributed by atoms with Crippen molar-refractivity contribution in [2.75, 3.05) is 6.54 Å². The number of non-ortho nitro benzene ring substituents is 1. The second-order valence-electron chi connectivity index (χ2n) is 6.42. The number of H-pyrrole nitrogens is 2. The zero-order valence-corrected chi connectivity index (χ0v) is 14.7. The van der Waals surface area contributed by atoms with Gasteiger partial charge in [-0.1, -0.05) is 0 Å². The number of rotatable bonds is 4. The van der Waals surface area contributed by atoms with E-state index in [1.807, 2.05) is 34.6 Å². The van der Waals surface area contributed by atoms with Crippen LogP contribution < -0.4 is 16.4 Å². The molecule has 0 unspecified atom stereocenters. The molecule has 0 saturated carbocycles. The Balaban J connectivity index is 2.13. The highest BCUT2D eigenvalue weighted by Crippen LogP contribution is 2.28. The van der Waals surface area contributed by atoms with Crippen LogP contribution in [0.3, 0.4) is 0 Å². The van der Waals surface area contributed by atoms with Crippen LogP contribution in [0, 0.1) is 10.1 Å². The number of aromatic amines is 2. The van der Waals surface area contributed by atoms with Crippen LogP contribution in [0.5, 0.6) is 5.88 Å². The number of nitrogens with one attached hydrogen (secondary N) is 2. The molecule has 2 atom stereocenters. The van der Waals surface area contributed by atoms with Crippen molar-refractivity contribution in [2.24, 2.45) is 0 Å². The Morgan fingerprint density at radius 3 is 2.67 bits per heavy atom. The van der Waals surface area contributed by atoms with E-state index in [-0.39, 0.29) is 29.9 Å². The number of hydrogen-bond acceptors (Lipinski definition) is 6. The molecule has 27 heavy (non-hydrogen) atoms. The molecule has 0 saturated heterocycles. The first-order valence-electron chi connectivity index (χ1n) is 8.31. The van der Waals surface area contributed by atoms with Crippen LogP contribution in [0.2, 0.25) is 0 Å². The number of hydrogen-bond donors (Lipinski definition) is 2. The van der Waals surface area contributed by atoms with Gasteiger partial charge in [0.2, 0.25) is 5.69 Å². The van der Waals surface area contributed by atoms with E-state index in [9.17, 15) is 24.8 Å². The monoisotopic (exact) mass is 374 g/mol. The van der Waals surface area contributed by atoms with Gasteiger partial charge in [0, 0.05) is 35.7 Å². The standard InChI is InChI=1S/C17H18N4O6/c1-9-7-20(8-10(2)27-9)14-4-3-12(21(25)26)5-11(14)6-13-15(22)18-17(24)19-16(13)23/h3-5,7,9-10H,6,8H2,1-2H3,(H2-,18,19,22,23,24)/t9-,10-/m1/s1. The summed E-state index contributed by atoms with van der Waals surface area (Å²) >= 11 is 0. The molecule has 0 radical (unpaired) electrons. The van der Waals surface area contributed by atoms with Gasteiger partial charge in [-0.15, -0.1) is 0 Å². The van der Waals surface area contributed by atoms with Gasteiger partial charge in [-0.2, -0.15) is 4.58 Å². The second kappa shape index (κ2) is 7.16. The Bertz CT molecular complexity index is 1040. The maximum absolute atomic E-state index is 12.0. The summed E-state index contributed by atoms with van der Waals surface area (Å²) in [6, 6.07) is 4.28. The topological polar surface area (TPSA) is 144 Å². The highest BCUT2D eigenvalue weighted by Gasteiger charge is 2.27. The van der Waals surface area contributed by atoms with Crippen molar-refractivity contribution in [1.29, 1.82) is 0 Å². The quantitative estimate of drug-likeness (QED) is 0.443. The Morgan fingerprint density at radius 2 is 2.04 bits per heavy atom. The molecular formula is C17H18N4O6. The van der Waals surface area contributed by atoms with Gasteiger partial charge in [-0.3, -0.25) is 19.9 Å². The molecule has 142 valence electrons. The number of nitrogens with zero attached hydrogens (tertiary/aromatic N) is 2. The Hall–Kier alpha value is -3.27. The molecule has 1 aromatic heterocycles. The Morgan fingerprint density at radius 1 is 1.30 bits per heavy atom. The third kappa shape index (κ3) is 3.95. The number of aromatic nitrogens is 2. The normalized spacial score (nSPS) is 19.6. The minimum Gasteiger partial charge on any atom is -0.860 e. The number of nitro benzene ring substituents is 1. The zero-order valence-electron chi connectivity index (χ0n) is 14.7. The van der Waals surface area contributed by atoms with E-state index in [2.05, 4.69) is 0 Å². The third-order valence-corrected chi connectivity index (χ3v) is 4.24. The van der Waals surface area contributed by atoms with Crippen LogP contribution >= 0.6 is 0 Å². The molecule has 0 bridgehead atoms. The number of benzene rings is 1. The molecule has 2 heterocycles. The van der Waals surface area contributed by atoms with Crippen LogP contribution in [0.15, 0.2) is 27.8 Å². The number of nitro groups is 1. The molecule has 0 amide bonds. The molecule has 2 aromatic rings. The van der Waals surface area contributed by atoms with E-state index < -0.39 is 22.1 Å². The van der Waals surface area contributed by atoms with Crippen LogP contribution in [0.1, 0.15) is 25.0 Å². The van der Waals surface area contributed by atoms with Gasteiger partial charge in [-0.25, -0.2) is 4.79 Å². The summed E-state index contributed by atoms with van der Waals surface area (Å²) in [7, 11) is 0. The van der Waals surface area contributed by atoms with Gasteiger partial charge < -0.3 is 14.8 Å². The summed E-state index contributed by atoms with van der Waals surface area (Å²) in [5, 5.41) is 23.2. The van der Waals surface area contributed by atoms with Crippen molar-refractivity contribution in [3.63, 3.8) is 0 Å². The van der Waals surface area contributed by atoms with E-state index in [4.69, 9.17) is 4.74 Å². The third-order valence-electron chi connectivity index (χ3n) is 4.24. The van der Waals surface area contributed by atoms with Gasteiger partial charge in [0.15, 0.2) is 12.8 Å². The van der Waals surface area contributed by atoms with E-state index in [1.165, 1.54) is 12.1 Å². The fraction of sp³-hybridized carbons (Fsp3) is 0.353. The number of ether oxygens (including phenoxy) is 1. The molecule has 2 N–H and O–H groups in total. The summed E-state index contributed by atoms with van der Waals surface area (Å²) in [6.45, 7) is 4.29. The van der Waals surface area contributed by atoms with Crippen molar-refractivity contribution in [1.82, 2.24) is 9.97 Å². The Kier molecular flexibility index (Phi) is 4.91. The first kappa shape index (κ1) is 18.5. The molecule has 10 heteroatoms. The molecule has 3 rings (SSSR count). The highest BCUT2D eigenvalue weighted by atomic mass is 16.6. The molecule has 1 aliphatic heterocycles. The lowest BCUT2D eigenvalue weighted by molar-refractivity contribution is -0.464. The zero-order chi connectivity index (χ0) is 19.7. The fourth-order valence-electron chi connectivity index (χ4n) is 3.16. The maximum atomic E-state index is 12.0. The van der Waals surface area contributed by atoms with Gasteiger partial charge in [0.05, 0.1) is 4.92 Å².